The Labute approximate surface area is 189 Å². The summed E-state index contributed by atoms with van der Waals surface area (Å²) in [6, 6.07) is 17.1. The maximum Gasteiger partial charge on any atom is 0.417 e. The van der Waals surface area contributed by atoms with E-state index < -0.39 is 23.4 Å². The van der Waals surface area contributed by atoms with Crippen molar-refractivity contribution in [3.05, 3.63) is 90.0 Å². The standard InChI is InChI=1S/C24H14F5N5/c25-14-10-16-21(18(26)11-14)33-34-22(16)32-23-30-19(13-6-2-1-3-7-13)12-20(31-23)15-8-4-5-9-17(15)24(27,28)29/h1-12H,(H2,30,31,32,33,34). The van der Waals surface area contributed by atoms with Gasteiger partial charge in [0.1, 0.15) is 11.3 Å². The molecule has 5 nitrogen and oxygen atoms in total. The van der Waals surface area contributed by atoms with Gasteiger partial charge in [-0.2, -0.15) is 18.3 Å². The number of fused-ring (bicyclic) bond motifs is 1. The zero-order valence-electron chi connectivity index (χ0n) is 17.2. The Bertz CT molecular complexity index is 1500. The first-order chi connectivity index (χ1) is 16.3. The summed E-state index contributed by atoms with van der Waals surface area (Å²) >= 11 is 0. The summed E-state index contributed by atoms with van der Waals surface area (Å²) < 4.78 is 68.8. The first kappa shape index (κ1) is 21.5. The van der Waals surface area contributed by atoms with Crippen LogP contribution in [-0.4, -0.2) is 20.2 Å². The minimum atomic E-state index is -4.60. The number of hydrogen-bond donors (Lipinski definition) is 2. The van der Waals surface area contributed by atoms with Crippen LogP contribution in [0.3, 0.4) is 0 Å². The van der Waals surface area contributed by atoms with Crippen molar-refractivity contribution in [3.8, 4) is 22.5 Å². The van der Waals surface area contributed by atoms with Crippen LogP contribution < -0.4 is 5.32 Å². The minimum absolute atomic E-state index is 0.0153. The van der Waals surface area contributed by atoms with E-state index in [1.54, 1.807) is 30.3 Å². The summed E-state index contributed by atoms with van der Waals surface area (Å²) in [5, 5.41) is 9.30. The van der Waals surface area contributed by atoms with Crippen LogP contribution in [0.1, 0.15) is 5.56 Å². The molecule has 0 spiro atoms. The predicted molar refractivity (Wildman–Crippen MR) is 117 cm³/mol. The molecule has 0 amide bonds. The maximum absolute atomic E-state index is 14.0. The van der Waals surface area contributed by atoms with Crippen LogP contribution in [0.25, 0.3) is 33.4 Å². The zero-order valence-corrected chi connectivity index (χ0v) is 17.2. The number of anilines is 2. The highest BCUT2D eigenvalue weighted by Crippen LogP contribution is 2.37. The molecule has 2 heterocycles. The molecule has 170 valence electrons. The highest BCUT2D eigenvalue weighted by atomic mass is 19.4. The van der Waals surface area contributed by atoms with Crippen LogP contribution in [-0.2, 0) is 6.18 Å². The quantitative estimate of drug-likeness (QED) is 0.288. The molecule has 2 N–H and O–H groups in total. The Hall–Kier alpha value is -4.34. The largest absolute Gasteiger partial charge is 0.417 e. The molecule has 0 radical (unpaired) electrons. The van der Waals surface area contributed by atoms with E-state index in [0.29, 0.717) is 17.3 Å². The summed E-state index contributed by atoms with van der Waals surface area (Å²) in [4.78, 5) is 8.67. The second-order valence-corrected chi connectivity index (χ2v) is 7.38. The average molecular weight is 467 g/mol. The molecule has 0 unspecified atom stereocenters. The zero-order chi connectivity index (χ0) is 23.9. The van der Waals surface area contributed by atoms with Gasteiger partial charge in [0.2, 0.25) is 5.95 Å². The van der Waals surface area contributed by atoms with Crippen molar-refractivity contribution < 1.29 is 22.0 Å². The van der Waals surface area contributed by atoms with E-state index >= 15 is 0 Å². The number of hydrogen-bond acceptors (Lipinski definition) is 4. The molecule has 3 aromatic carbocycles. The van der Waals surface area contributed by atoms with Crippen LogP contribution in [0.5, 0.6) is 0 Å². The van der Waals surface area contributed by atoms with Crippen LogP contribution in [0.15, 0.2) is 72.8 Å². The van der Waals surface area contributed by atoms with Gasteiger partial charge in [-0.1, -0.05) is 48.5 Å². The lowest BCUT2D eigenvalue weighted by atomic mass is 10.0. The average Bonchev–Trinajstić information content (AvgIpc) is 3.21. The second kappa shape index (κ2) is 8.22. The number of alkyl halides is 3. The number of rotatable bonds is 4. The Morgan fingerprint density at radius 2 is 1.50 bits per heavy atom. The topological polar surface area (TPSA) is 66.5 Å². The summed E-state index contributed by atoms with van der Waals surface area (Å²) in [7, 11) is 0. The molecule has 5 aromatic rings. The molecule has 0 aliphatic carbocycles. The van der Waals surface area contributed by atoms with Crippen molar-refractivity contribution in [2.75, 3.05) is 5.32 Å². The molecule has 5 rings (SSSR count). The van der Waals surface area contributed by atoms with Gasteiger partial charge in [-0.05, 0) is 18.2 Å². The van der Waals surface area contributed by atoms with Gasteiger partial charge < -0.3 is 5.32 Å². The van der Waals surface area contributed by atoms with Gasteiger partial charge >= 0.3 is 6.18 Å². The van der Waals surface area contributed by atoms with Crippen molar-refractivity contribution in [1.82, 2.24) is 20.2 Å². The fourth-order valence-electron chi connectivity index (χ4n) is 3.60. The Kier molecular flexibility index (Phi) is 5.20. The van der Waals surface area contributed by atoms with Crippen molar-refractivity contribution in [3.63, 3.8) is 0 Å². The lowest BCUT2D eigenvalue weighted by Gasteiger charge is -2.14. The van der Waals surface area contributed by atoms with Gasteiger partial charge in [-0.25, -0.2) is 18.7 Å². The fraction of sp³-hybridized carbons (Fsp3) is 0.0417. The lowest BCUT2D eigenvalue weighted by Crippen LogP contribution is -2.08. The van der Waals surface area contributed by atoms with Crippen LogP contribution in [0.4, 0.5) is 33.7 Å². The molecule has 10 heteroatoms. The number of nitrogens with zero attached hydrogens (tertiary/aromatic N) is 3. The summed E-state index contributed by atoms with van der Waals surface area (Å²) in [6.07, 6.45) is -4.60. The minimum Gasteiger partial charge on any atom is -0.307 e. The molecule has 34 heavy (non-hydrogen) atoms. The summed E-state index contributed by atoms with van der Waals surface area (Å²) in [5.74, 6) is -1.72. The van der Waals surface area contributed by atoms with Crippen LogP contribution in [0.2, 0.25) is 0 Å². The molecule has 0 saturated heterocycles. The molecule has 0 aliphatic heterocycles. The molecule has 0 aliphatic rings. The molecule has 0 fully saturated rings. The monoisotopic (exact) mass is 467 g/mol. The molecule has 0 bridgehead atoms. The number of aromatic nitrogens is 4. The number of nitrogens with one attached hydrogen (secondary N) is 2. The third-order valence-corrected chi connectivity index (χ3v) is 5.12. The molecular weight excluding hydrogens is 453 g/mol. The first-order valence-electron chi connectivity index (χ1n) is 10.0. The molecule has 2 aromatic heterocycles. The summed E-state index contributed by atoms with van der Waals surface area (Å²) in [6.45, 7) is 0. The SMILES string of the molecule is Fc1cc(F)c2[nH]nc(Nc3nc(-c4ccccc4)cc(-c4ccccc4C(F)(F)F)n3)c2c1. The van der Waals surface area contributed by atoms with E-state index in [-0.39, 0.29) is 33.9 Å². The number of H-pyrrole nitrogens is 1. The van der Waals surface area contributed by atoms with Crippen molar-refractivity contribution >= 4 is 22.7 Å². The first-order valence-corrected chi connectivity index (χ1v) is 10.0. The van der Waals surface area contributed by atoms with Crippen molar-refractivity contribution in [2.24, 2.45) is 0 Å². The third kappa shape index (κ3) is 4.05. The van der Waals surface area contributed by atoms with E-state index in [1.807, 2.05) is 0 Å². The van der Waals surface area contributed by atoms with Crippen LogP contribution >= 0.6 is 0 Å². The Balaban J connectivity index is 1.67. The van der Waals surface area contributed by atoms with Gasteiger partial charge in [0.05, 0.1) is 22.3 Å². The van der Waals surface area contributed by atoms with Crippen molar-refractivity contribution in [2.45, 2.75) is 6.18 Å². The second-order valence-electron chi connectivity index (χ2n) is 7.38. The van der Waals surface area contributed by atoms with Gasteiger partial charge in [-0.15, -0.1) is 0 Å². The fourth-order valence-corrected chi connectivity index (χ4v) is 3.60. The van der Waals surface area contributed by atoms with E-state index in [0.717, 1.165) is 12.1 Å². The van der Waals surface area contributed by atoms with Crippen molar-refractivity contribution in [1.29, 1.82) is 0 Å². The van der Waals surface area contributed by atoms with Gasteiger partial charge in [-0.3, -0.25) is 5.10 Å². The van der Waals surface area contributed by atoms with E-state index in [2.05, 4.69) is 25.5 Å². The van der Waals surface area contributed by atoms with E-state index in [1.165, 1.54) is 24.3 Å². The predicted octanol–water partition coefficient (Wildman–Crippen LogP) is 6.73. The lowest BCUT2D eigenvalue weighted by molar-refractivity contribution is -0.137. The van der Waals surface area contributed by atoms with Gasteiger partial charge in [0.15, 0.2) is 11.6 Å². The highest BCUT2D eigenvalue weighted by molar-refractivity contribution is 5.91. The molecule has 0 saturated carbocycles. The van der Waals surface area contributed by atoms with E-state index in [4.69, 9.17) is 0 Å². The number of halogens is 5. The maximum atomic E-state index is 14.0. The molecule has 0 atom stereocenters. The Morgan fingerprint density at radius 3 is 2.26 bits per heavy atom. The smallest absolute Gasteiger partial charge is 0.307 e. The highest BCUT2D eigenvalue weighted by Gasteiger charge is 2.34. The van der Waals surface area contributed by atoms with Crippen LogP contribution in [0, 0.1) is 11.6 Å². The van der Waals surface area contributed by atoms with E-state index in [9.17, 15) is 22.0 Å². The number of benzene rings is 3. The third-order valence-electron chi connectivity index (χ3n) is 5.12. The van der Waals surface area contributed by atoms with Gasteiger partial charge in [0.25, 0.3) is 0 Å². The Morgan fingerprint density at radius 1 is 0.794 bits per heavy atom. The normalized spacial score (nSPS) is 11.7. The number of aromatic amines is 1. The molecular formula is C24H14F5N5. The summed E-state index contributed by atoms with van der Waals surface area (Å²) in [5.41, 5.74) is -0.0215. The van der Waals surface area contributed by atoms with Gasteiger partial charge in [0, 0.05) is 17.2 Å².